The summed E-state index contributed by atoms with van der Waals surface area (Å²) in [5.74, 6) is 0.464. The average molecular weight is 264 g/mol. The minimum atomic E-state index is 0.0188. The maximum absolute atomic E-state index is 12.5. The molecule has 0 atom stereocenters. The van der Waals surface area contributed by atoms with Crippen LogP contribution in [0.1, 0.15) is 55.5 Å². The summed E-state index contributed by atoms with van der Waals surface area (Å²) in [4.78, 5) is 14.5. The molecule has 1 aromatic heterocycles. The fraction of sp³-hybridized carbons (Fsp3) is 0.667. The van der Waals surface area contributed by atoms with Crippen LogP contribution in [-0.4, -0.2) is 29.9 Å². The van der Waals surface area contributed by atoms with Crippen molar-refractivity contribution in [2.75, 3.05) is 13.1 Å². The van der Waals surface area contributed by atoms with E-state index in [9.17, 15) is 4.79 Å². The van der Waals surface area contributed by atoms with E-state index in [1.54, 1.807) is 18.4 Å². The second-order valence-electron chi connectivity index (χ2n) is 5.26. The molecule has 0 saturated heterocycles. The van der Waals surface area contributed by atoms with Gasteiger partial charge in [0, 0.05) is 12.6 Å². The van der Waals surface area contributed by atoms with Gasteiger partial charge in [0.05, 0.1) is 6.26 Å². The average Bonchev–Trinajstić information content (AvgIpc) is 2.83. The largest absolute Gasteiger partial charge is 0.459 e. The summed E-state index contributed by atoms with van der Waals surface area (Å²) in [5.41, 5.74) is 5.59. The molecule has 1 fully saturated rings. The number of carbonyl (C=O) groups is 1. The van der Waals surface area contributed by atoms with Crippen LogP contribution in [0.2, 0.25) is 0 Å². The Hall–Kier alpha value is -1.29. The molecule has 0 aromatic carbocycles. The first-order valence-corrected chi connectivity index (χ1v) is 7.37. The van der Waals surface area contributed by atoms with Crippen molar-refractivity contribution >= 4 is 5.91 Å². The number of rotatable bonds is 5. The first-order valence-electron chi connectivity index (χ1n) is 7.37. The molecule has 106 valence electrons. The van der Waals surface area contributed by atoms with Crippen molar-refractivity contribution in [2.24, 2.45) is 5.73 Å². The smallest absolute Gasteiger partial charge is 0.289 e. The second kappa shape index (κ2) is 7.34. The zero-order chi connectivity index (χ0) is 13.5. The number of nitrogens with zero attached hydrogens (tertiary/aromatic N) is 1. The number of amides is 1. The van der Waals surface area contributed by atoms with Gasteiger partial charge in [-0.3, -0.25) is 4.79 Å². The van der Waals surface area contributed by atoms with Crippen LogP contribution >= 0.6 is 0 Å². The van der Waals surface area contributed by atoms with Crippen LogP contribution < -0.4 is 5.73 Å². The highest BCUT2D eigenvalue weighted by molar-refractivity contribution is 5.91. The van der Waals surface area contributed by atoms with E-state index in [1.807, 2.05) is 4.90 Å². The second-order valence-corrected chi connectivity index (χ2v) is 5.26. The molecule has 0 radical (unpaired) electrons. The van der Waals surface area contributed by atoms with Gasteiger partial charge in [-0.05, 0) is 37.9 Å². The number of hydrogen-bond donors (Lipinski definition) is 1. The molecule has 0 bridgehead atoms. The Morgan fingerprint density at radius 3 is 2.63 bits per heavy atom. The summed E-state index contributed by atoms with van der Waals surface area (Å²) < 4.78 is 5.26. The first kappa shape index (κ1) is 14.1. The van der Waals surface area contributed by atoms with Gasteiger partial charge in [0.15, 0.2) is 5.76 Å². The minimum Gasteiger partial charge on any atom is -0.459 e. The van der Waals surface area contributed by atoms with Crippen LogP contribution in [0.25, 0.3) is 0 Å². The zero-order valence-electron chi connectivity index (χ0n) is 11.5. The molecule has 1 amide bonds. The number of carbonyl (C=O) groups excluding carboxylic acids is 1. The lowest BCUT2D eigenvalue weighted by Crippen LogP contribution is -2.41. The lowest BCUT2D eigenvalue weighted by Gasteiger charge is -2.30. The molecule has 2 rings (SSSR count). The summed E-state index contributed by atoms with van der Waals surface area (Å²) in [6, 6.07) is 3.86. The molecule has 1 saturated carbocycles. The molecule has 2 N–H and O–H groups in total. The Bertz CT molecular complexity index is 368. The van der Waals surface area contributed by atoms with Gasteiger partial charge in [0.25, 0.3) is 5.91 Å². The quantitative estimate of drug-likeness (QED) is 0.832. The standard InChI is InChI=1S/C15H24N2O2/c16-10-6-11-17(13-7-3-1-2-4-8-13)15(18)14-9-5-12-19-14/h5,9,12-13H,1-4,6-8,10-11,16H2. The predicted octanol–water partition coefficient (Wildman–Crippen LogP) is 2.79. The van der Waals surface area contributed by atoms with Crippen molar-refractivity contribution in [3.05, 3.63) is 24.2 Å². The third-order valence-electron chi connectivity index (χ3n) is 3.86. The van der Waals surface area contributed by atoms with Crippen molar-refractivity contribution in [2.45, 2.75) is 51.0 Å². The van der Waals surface area contributed by atoms with Crippen LogP contribution in [-0.2, 0) is 0 Å². The lowest BCUT2D eigenvalue weighted by atomic mass is 10.1. The van der Waals surface area contributed by atoms with E-state index in [4.69, 9.17) is 10.2 Å². The lowest BCUT2D eigenvalue weighted by molar-refractivity contribution is 0.0626. The van der Waals surface area contributed by atoms with Gasteiger partial charge in [0.1, 0.15) is 0 Å². The number of hydrogen-bond acceptors (Lipinski definition) is 3. The zero-order valence-corrected chi connectivity index (χ0v) is 11.5. The van der Waals surface area contributed by atoms with Gasteiger partial charge in [-0.25, -0.2) is 0 Å². The van der Waals surface area contributed by atoms with Crippen molar-refractivity contribution in [3.8, 4) is 0 Å². The topological polar surface area (TPSA) is 59.5 Å². The van der Waals surface area contributed by atoms with Crippen molar-refractivity contribution < 1.29 is 9.21 Å². The summed E-state index contributed by atoms with van der Waals surface area (Å²) >= 11 is 0. The van der Waals surface area contributed by atoms with E-state index < -0.39 is 0 Å². The van der Waals surface area contributed by atoms with Crippen LogP contribution in [0.4, 0.5) is 0 Å². The molecule has 1 aliphatic carbocycles. The molecule has 4 nitrogen and oxygen atoms in total. The fourth-order valence-electron chi connectivity index (χ4n) is 2.82. The maximum Gasteiger partial charge on any atom is 0.289 e. The summed E-state index contributed by atoms with van der Waals surface area (Å²) in [5, 5.41) is 0. The van der Waals surface area contributed by atoms with E-state index in [-0.39, 0.29) is 5.91 Å². The molecule has 0 unspecified atom stereocenters. The first-order chi connectivity index (χ1) is 9.33. The maximum atomic E-state index is 12.5. The Morgan fingerprint density at radius 2 is 2.05 bits per heavy atom. The molecule has 0 aliphatic heterocycles. The molecule has 1 aliphatic rings. The highest BCUT2D eigenvalue weighted by atomic mass is 16.3. The third-order valence-corrected chi connectivity index (χ3v) is 3.86. The molecule has 4 heteroatoms. The Kier molecular flexibility index (Phi) is 5.45. The normalized spacial score (nSPS) is 17.1. The van der Waals surface area contributed by atoms with E-state index in [1.165, 1.54) is 25.7 Å². The van der Waals surface area contributed by atoms with Gasteiger partial charge in [-0.2, -0.15) is 0 Å². The Labute approximate surface area is 114 Å². The van der Waals surface area contributed by atoms with Crippen LogP contribution in [0.15, 0.2) is 22.8 Å². The molecule has 0 spiro atoms. The monoisotopic (exact) mass is 264 g/mol. The molecule has 19 heavy (non-hydrogen) atoms. The van der Waals surface area contributed by atoms with E-state index in [2.05, 4.69) is 0 Å². The van der Waals surface area contributed by atoms with Crippen molar-refractivity contribution in [3.63, 3.8) is 0 Å². The predicted molar refractivity (Wildman–Crippen MR) is 74.9 cm³/mol. The molecular formula is C15H24N2O2. The number of nitrogens with two attached hydrogens (primary N) is 1. The van der Waals surface area contributed by atoms with Crippen LogP contribution in [0.3, 0.4) is 0 Å². The van der Waals surface area contributed by atoms with E-state index in [0.717, 1.165) is 25.8 Å². The van der Waals surface area contributed by atoms with E-state index >= 15 is 0 Å². The Balaban J connectivity index is 2.07. The van der Waals surface area contributed by atoms with Gasteiger partial charge < -0.3 is 15.1 Å². The van der Waals surface area contributed by atoms with Crippen molar-refractivity contribution in [1.29, 1.82) is 0 Å². The summed E-state index contributed by atoms with van der Waals surface area (Å²) in [6.07, 6.45) is 9.63. The fourth-order valence-corrected chi connectivity index (χ4v) is 2.82. The van der Waals surface area contributed by atoms with E-state index in [0.29, 0.717) is 18.3 Å². The van der Waals surface area contributed by atoms with Crippen LogP contribution in [0.5, 0.6) is 0 Å². The highest BCUT2D eigenvalue weighted by Crippen LogP contribution is 2.23. The van der Waals surface area contributed by atoms with Gasteiger partial charge in [-0.15, -0.1) is 0 Å². The Morgan fingerprint density at radius 1 is 1.32 bits per heavy atom. The van der Waals surface area contributed by atoms with Gasteiger partial charge >= 0.3 is 0 Å². The summed E-state index contributed by atoms with van der Waals surface area (Å²) in [6.45, 7) is 1.36. The SMILES string of the molecule is NCCCN(C(=O)c1ccco1)C1CCCCCC1. The molecule has 1 aromatic rings. The van der Waals surface area contributed by atoms with Gasteiger partial charge in [-0.1, -0.05) is 25.7 Å². The number of furan rings is 1. The molecular weight excluding hydrogens is 240 g/mol. The van der Waals surface area contributed by atoms with Gasteiger partial charge in [0.2, 0.25) is 0 Å². The van der Waals surface area contributed by atoms with Crippen molar-refractivity contribution in [1.82, 2.24) is 4.90 Å². The van der Waals surface area contributed by atoms with Crippen LogP contribution in [0, 0.1) is 0 Å². The summed E-state index contributed by atoms with van der Waals surface area (Å²) in [7, 11) is 0. The minimum absolute atomic E-state index is 0.0188. The third kappa shape index (κ3) is 3.83. The molecule has 1 heterocycles. The highest BCUT2D eigenvalue weighted by Gasteiger charge is 2.26.